The van der Waals surface area contributed by atoms with Crippen molar-refractivity contribution >= 4 is 17.5 Å². The summed E-state index contributed by atoms with van der Waals surface area (Å²) < 4.78 is 5.13. The molecule has 0 aliphatic carbocycles. The van der Waals surface area contributed by atoms with Gasteiger partial charge in [-0.2, -0.15) is 0 Å². The van der Waals surface area contributed by atoms with Crippen molar-refractivity contribution in [3.8, 4) is 0 Å². The molecule has 88 valence electrons. The van der Waals surface area contributed by atoms with Crippen LogP contribution in [0.4, 0.5) is 11.6 Å². The maximum absolute atomic E-state index is 10.7. The Hall–Kier alpha value is -2.23. The van der Waals surface area contributed by atoms with Gasteiger partial charge >= 0.3 is 5.97 Å². The van der Waals surface area contributed by atoms with Crippen molar-refractivity contribution in [3.05, 3.63) is 47.2 Å². The van der Waals surface area contributed by atoms with Gasteiger partial charge in [0.05, 0.1) is 0 Å². The monoisotopic (exact) mass is 231 g/mol. The summed E-state index contributed by atoms with van der Waals surface area (Å²) in [4.78, 5) is 10.7. The third kappa shape index (κ3) is 2.30. The largest absolute Gasteiger partial charge is 0.475 e. The smallest absolute Gasteiger partial charge is 0.371 e. The molecule has 0 spiro atoms. The van der Waals surface area contributed by atoms with Gasteiger partial charge in [-0.05, 0) is 37.1 Å². The number of furan rings is 1. The number of aryl methyl sites for hydroxylation is 1. The Balaban J connectivity index is 2.25. The fraction of sp³-hybridized carbons (Fsp3) is 0.154. The number of anilines is 2. The Labute approximate surface area is 98.9 Å². The van der Waals surface area contributed by atoms with Crippen LogP contribution in [0.15, 0.2) is 34.7 Å². The molecule has 2 N–H and O–H groups in total. The van der Waals surface area contributed by atoms with Crippen LogP contribution in [0.1, 0.15) is 21.7 Å². The van der Waals surface area contributed by atoms with Gasteiger partial charge in [0, 0.05) is 11.8 Å². The third-order valence-electron chi connectivity index (χ3n) is 2.68. The highest BCUT2D eigenvalue weighted by atomic mass is 16.4. The first kappa shape index (κ1) is 11.3. The van der Waals surface area contributed by atoms with E-state index >= 15 is 0 Å². The van der Waals surface area contributed by atoms with Crippen LogP contribution in [0.3, 0.4) is 0 Å². The molecule has 4 nitrogen and oxygen atoms in total. The van der Waals surface area contributed by atoms with Crippen molar-refractivity contribution in [3.63, 3.8) is 0 Å². The molecule has 1 heterocycles. The lowest BCUT2D eigenvalue weighted by Gasteiger charge is -2.08. The summed E-state index contributed by atoms with van der Waals surface area (Å²) in [6, 6.07) is 8.91. The summed E-state index contributed by atoms with van der Waals surface area (Å²) in [6.45, 7) is 4.02. The average Bonchev–Trinajstić information content (AvgIpc) is 2.73. The molecule has 0 amide bonds. The molecule has 0 aliphatic heterocycles. The molecular formula is C13H13NO3. The van der Waals surface area contributed by atoms with E-state index in [2.05, 4.69) is 5.32 Å². The molecule has 0 unspecified atom stereocenters. The molecule has 0 fully saturated rings. The molecule has 4 heteroatoms. The lowest BCUT2D eigenvalue weighted by molar-refractivity contribution is 0.0663. The molecule has 1 aromatic carbocycles. The molecule has 0 saturated heterocycles. The number of hydrogen-bond acceptors (Lipinski definition) is 3. The van der Waals surface area contributed by atoms with Crippen molar-refractivity contribution in [1.82, 2.24) is 0 Å². The minimum absolute atomic E-state index is 0.0715. The second-order valence-electron chi connectivity index (χ2n) is 3.84. The van der Waals surface area contributed by atoms with Gasteiger partial charge in [0.15, 0.2) is 5.88 Å². The van der Waals surface area contributed by atoms with Crippen molar-refractivity contribution < 1.29 is 14.3 Å². The van der Waals surface area contributed by atoms with Gasteiger partial charge in [-0.3, -0.25) is 0 Å². The zero-order valence-electron chi connectivity index (χ0n) is 9.65. The lowest BCUT2D eigenvalue weighted by atomic mass is 10.1. The SMILES string of the molecule is Cc1cccc(Nc2ccc(C(=O)O)o2)c1C. The number of benzene rings is 1. The van der Waals surface area contributed by atoms with Gasteiger partial charge in [0.25, 0.3) is 0 Å². The highest BCUT2D eigenvalue weighted by Crippen LogP contribution is 2.24. The molecule has 0 radical (unpaired) electrons. The standard InChI is InChI=1S/C13H13NO3/c1-8-4-3-5-10(9(8)2)14-12-7-6-11(17-12)13(15)16/h3-7,14H,1-2H3,(H,15,16). The number of nitrogens with one attached hydrogen (secondary N) is 1. The third-order valence-corrected chi connectivity index (χ3v) is 2.68. The number of aromatic carboxylic acids is 1. The van der Waals surface area contributed by atoms with Gasteiger partial charge in [-0.15, -0.1) is 0 Å². The molecule has 0 saturated carbocycles. The van der Waals surface area contributed by atoms with E-state index in [-0.39, 0.29) is 5.76 Å². The van der Waals surface area contributed by atoms with Gasteiger partial charge < -0.3 is 14.8 Å². The summed E-state index contributed by atoms with van der Waals surface area (Å²) in [6.07, 6.45) is 0. The minimum atomic E-state index is -1.07. The second kappa shape index (κ2) is 4.33. The van der Waals surface area contributed by atoms with Gasteiger partial charge in [0.1, 0.15) is 0 Å². The molecule has 2 aromatic rings. The highest BCUT2D eigenvalue weighted by molar-refractivity contribution is 5.85. The van der Waals surface area contributed by atoms with Gasteiger partial charge in [-0.1, -0.05) is 12.1 Å². The maximum atomic E-state index is 10.7. The Bertz CT molecular complexity index is 558. The van der Waals surface area contributed by atoms with Crippen molar-refractivity contribution in [2.75, 3.05) is 5.32 Å². The molecular weight excluding hydrogens is 218 g/mol. The van der Waals surface area contributed by atoms with E-state index in [1.165, 1.54) is 11.6 Å². The number of carbonyl (C=O) groups is 1. The zero-order valence-corrected chi connectivity index (χ0v) is 9.65. The quantitative estimate of drug-likeness (QED) is 0.850. The summed E-state index contributed by atoms with van der Waals surface area (Å²) in [5.74, 6) is -0.715. The Morgan fingerprint density at radius 1 is 1.24 bits per heavy atom. The van der Waals surface area contributed by atoms with E-state index in [4.69, 9.17) is 9.52 Å². The number of carboxylic acid groups (broad SMARTS) is 1. The highest BCUT2D eigenvalue weighted by Gasteiger charge is 2.09. The summed E-state index contributed by atoms with van der Waals surface area (Å²) in [5, 5.41) is 11.8. The van der Waals surface area contributed by atoms with Crippen LogP contribution in [0.2, 0.25) is 0 Å². The van der Waals surface area contributed by atoms with Crippen molar-refractivity contribution in [2.24, 2.45) is 0 Å². The topological polar surface area (TPSA) is 62.5 Å². The summed E-state index contributed by atoms with van der Waals surface area (Å²) in [5.41, 5.74) is 3.19. The first-order chi connectivity index (χ1) is 8.08. The molecule has 0 atom stereocenters. The van der Waals surface area contributed by atoms with E-state index in [0.29, 0.717) is 5.88 Å². The number of hydrogen-bond donors (Lipinski definition) is 2. The molecule has 2 rings (SSSR count). The summed E-state index contributed by atoms with van der Waals surface area (Å²) in [7, 11) is 0. The molecule has 17 heavy (non-hydrogen) atoms. The zero-order chi connectivity index (χ0) is 12.4. The normalized spacial score (nSPS) is 10.2. The fourth-order valence-corrected chi connectivity index (χ4v) is 1.54. The van der Waals surface area contributed by atoms with Gasteiger partial charge in [0.2, 0.25) is 5.76 Å². The van der Waals surface area contributed by atoms with Crippen LogP contribution in [0, 0.1) is 13.8 Å². The maximum Gasteiger partial charge on any atom is 0.371 e. The Morgan fingerprint density at radius 3 is 2.65 bits per heavy atom. The number of carboxylic acids is 1. The van der Waals surface area contributed by atoms with E-state index in [1.54, 1.807) is 6.07 Å². The average molecular weight is 231 g/mol. The van der Waals surface area contributed by atoms with E-state index in [9.17, 15) is 4.79 Å². The van der Waals surface area contributed by atoms with E-state index < -0.39 is 5.97 Å². The van der Waals surface area contributed by atoms with Crippen LogP contribution in [0.5, 0.6) is 0 Å². The predicted molar refractivity (Wildman–Crippen MR) is 64.9 cm³/mol. The van der Waals surface area contributed by atoms with Crippen LogP contribution in [-0.2, 0) is 0 Å². The van der Waals surface area contributed by atoms with Crippen LogP contribution in [0.25, 0.3) is 0 Å². The van der Waals surface area contributed by atoms with Crippen LogP contribution < -0.4 is 5.32 Å². The number of rotatable bonds is 3. The van der Waals surface area contributed by atoms with Crippen LogP contribution in [-0.4, -0.2) is 11.1 Å². The van der Waals surface area contributed by atoms with Crippen molar-refractivity contribution in [1.29, 1.82) is 0 Å². The molecule has 0 aliphatic rings. The first-order valence-corrected chi connectivity index (χ1v) is 5.24. The minimum Gasteiger partial charge on any atom is -0.475 e. The molecule has 0 bridgehead atoms. The molecule has 1 aromatic heterocycles. The van der Waals surface area contributed by atoms with Crippen LogP contribution >= 0.6 is 0 Å². The second-order valence-corrected chi connectivity index (χ2v) is 3.84. The van der Waals surface area contributed by atoms with E-state index in [0.717, 1.165) is 11.3 Å². The lowest BCUT2D eigenvalue weighted by Crippen LogP contribution is -1.94. The van der Waals surface area contributed by atoms with E-state index in [1.807, 2.05) is 32.0 Å². The Kier molecular flexibility index (Phi) is 2.87. The predicted octanol–water partition coefficient (Wildman–Crippen LogP) is 3.34. The van der Waals surface area contributed by atoms with Gasteiger partial charge in [-0.25, -0.2) is 4.79 Å². The first-order valence-electron chi connectivity index (χ1n) is 5.24. The Morgan fingerprint density at radius 2 is 2.00 bits per heavy atom. The van der Waals surface area contributed by atoms with Crippen molar-refractivity contribution in [2.45, 2.75) is 13.8 Å². The summed E-state index contributed by atoms with van der Waals surface area (Å²) >= 11 is 0. The fourth-order valence-electron chi connectivity index (χ4n) is 1.54.